The molecule has 130 valence electrons. The number of anilines is 1. The molecule has 4 rings (SSSR count). The van der Waals surface area contributed by atoms with E-state index < -0.39 is 18.0 Å². The van der Waals surface area contributed by atoms with E-state index in [-0.39, 0.29) is 0 Å². The second-order valence-corrected chi connectivity index (χ2v) is 5.91. The first-order valence-corrected chi connectivity index (χ1v) is 7.72. The van der Waals surface area contributed by atoms with Crippen molar-refractivity contribution in [3.63, 3.8) is 0 Å². The van der Waals surface area contributed by atoms with E-state index >= 15 is 0 Å². The molecular weight excluding hydrogens is 335 g/mol. The Morgan fingerprint density at radius 3 is 2.60 bits per heavy atom. The third kappa shape index (κ3) is 2.80. The summed E-state index contributed by atoms with van der Waals surface area (Å²) in [4.78, 5) is 14.2. The Bertz CT molecular complexity index is 906. The number of rotatable bonds is 2. The van der Waals surface area contributed by atoms with Crippen LogP contribution in [0.5, 0.6) is 0 Å². The zero-order valence-corrected chi connectivity index (χ0v) is 13.0. The molecule has 3 aromatic heterocycles. The molecule has 0 amide bonds. The highest BCUT2D eigenvalue weighted by Gasteiger charge is 2.32. The summed E-state index contributed by atoms with van der Waals surface area (Å²) in [6.07, 6.45) is 1.88. The summed E-state index contributed by atoms with van der Waals surface area (Å²) in [5.74, 6) is 0.644. The quantitative estimate of drug-likeness (QED) is 0.769. The number of aromatic nitrogens is 4. The van der Waals surface area contributed by atoms with Gasteiger partial charge in [0.2, 0.25) is 0 Å². The Kier molecular flexibility index (Phi) is 3.60. The summed E-state index contributed by atoms with van der Waals surface area (Å²) in [7, 11) is 0. The van der Waals surface area contributed by atoms with Gasteiger partial charge in [-0.2, -0.15) is 13.2 Å². The monoisotopic (exact) mass is 349 g/mol. The first-order chi connectivity index (χ1) is 11.9. The molecule has 1 aliphatic heterocycles. The van der Waals surface area contributed by atoms with E-state index in [1.807, 2.05) is 4.90 Å². The van der Waals surface area contributed by atoms with Crippen molar-refractivity contribution in [3.05, 3.63) is 42.6 Å². The van der Waals surface area contributed by atoms with Crippen LogP contribution in [0.4, 0.5) is 19.0 Å². The van der Waals surface area contributed by atoms with Crippen molar-refractivity contribution in [2.45, 2.75) is 18.7 Å². The fraction of sp³-hybridized carbons (Fsp3) is 0.312. The highest BCUT2D eigenvalue weighted by molar-refractivity contribution is 5.71. The van der Waals surface area contributed by atoms with Crippen LogP contribution in [0.3, 0.4) is 0 Å². The molecule has 25 heavy (non-hydrogen) atoms. The maximum absolute atomic E-state index is 12.7. The summed E-state index contributed by atoms with van der Waals surface area (Å²) in [5, 5.41) is 9.71. The smallest absolute Gasteiger partial charge is 0.391 e. The zero-order chi connectivity index (χ0) is 17.6. The number of aliphatic hydroxyl groups is 1. The lowest BCUT2D eigenvalue weighted by molar-refractivity contribution is -0.141. The average Bonchev–Trinajstić information content (AvgIpc) is 3.20. The van der Waals surface area contributed by atoms with Crippen molar-refractivity contribution >= 4 is 11.5 Å². The number of hydrogen-bond donors (Lipinski definition) is 1. The molecule has 0 bridgehead atoms. The molecule has 0 saturated carbocycles. The number of nitrogens with zero attached hydrogens (tertiary/aromatic N) is 5. The van der Waals surface area contributed by atoms with Crippen LogP contribution in [0.15, 0.2) is 36.9 Å². The third-order valence-electron chi connectivity index (χ3n) is 4.22. The minimum atomic E-state index is -4.47. The van der Waals surface area contributed by atoms with Gasteiger partial charge in [-0.25, -0.2) is 9.97 Å². The number of hydrogen-bond acceptors (Lipinski definition) is 5. The lowest BCUT2D eigenvalue weighted by Crippen LogP contribution is -2.23. The standard InChI is InChI=1S/C16H14F3N5O/c17-16(18,19)13-2-1-10(7-21-13)12-8-22-15-14(20-4-6-24(12)15)23-5-3-11(25)9-23/h1-2,4,6-8,11,25H,3,5,9H2. The molecule has 0 radical (unpaired) electrons. The molecule has 9 heteroatoms. The van der Waals surface area contributed by atoms with Gasteiger partial charge in [-0.1, -0.05) is 0 Å². The van der Waals surface area contributed by atoms with Crippen LogP contribution in [-0.4, -0.2) is 43.7 Å². The molecular formula is C16H14F3N5O. The van der Waals surface area contributed by atoms with Gasteiger partial charge in [-0.3, -0.25) is 9.38 Å². The van der Waals surface area contributed by atoms with Gasteiger partial charge in [0, 0.05) is 37.2 Å². The number of fused-ring (bicyclic) bond motifs is 1. The van der Waals surface area contributed by atoms with E-state index in [9.17, 15) is 18.3 Å². The van der Waals surface area contributed by atoms with Gasteiger partial charge in [0.05, 0.1) is 18.0 Å². The second kappa shape index (κ2) is 5.69. The molecule has 0 spiro atoms. The molecule has 6 nitrogen and oxygen atoms in total. The van der Waals surface area contributed by atoms with Gasteiger partial charge < -0.3 is 10.0 Å². The summed E-state index contributed by atoms with van der Waals surface area (Å²) < 4.78 is 39.7. The molecule has 1 fully saturated rings. The van der Waals surface area contributed by atoms with Crippen LogP contribution in [0.25, 0.3) is 16.9 Å². The fourth-order valence-corrected chi connectivity index (χ4v) is 2.99. The number of imidazole rings is 1. The topological polar surface area (TPSA) is 66.5 Å². The number of halogens is 3. The van der Waals surface area contributed by atoms with E-state index in [0.29, 0.717) is 42.2 Å². The Labute approximate surface area is 140 Å². The Hall–Kier alpha value is -2.68. The summed E-state index contributed by atoms with van der Waals surface area (Å²) in [6, 6.07) is 2.33. The molecule has 0 aliphatic carbocycles. The van der Waals surface area contributed by atoms with E-state index in [2.05, 4.69) is 15.0 Å². The van der Waals surface area contributed by atoms with Crippen LogP contribution >= 0.6 is 0 Å². The van der Waals surface area contributed by atoms with Crippen LogP contribution < -0.4 is 4.90 Å². The van der Waals surface area contributed by atoms with Gasteiger partial charge in [0.1, 0.15) is 5.69 Å². The lowest BCUT2D eigenvalue weighted by atomic mass is 10.2. The molecule has 1 unspecified atom stereocenters. The number of aliphatic hydroxyl groups excluding tert-OH is 1. The van der Waals surface area contributed by atoms with Crippen molar-refractivity contribution in [1.29, 1.82) is 0 Å². The minimum absolute atomic E-state index is 0.393. The van der Waals surface area contributed by atoms with Crippen molar-refractivity contribution in [2.24, 2.45) is 0 Å². The maximum Gasteiger partial charge on any atom is 0.433 e. The second-order valence-electron chi connectivity index (χ2n) is 5.91. The van der Waals surface area contributed by atoms with E-state index in [4.69, 9.17) is 0 Å². The predicted octanol–water partition coefficient (Wildman–Crippen LogP) is 2.38. The van der Waals surface area contributed by atoms with Crippen molar-refractivity contribution in [1.82, 2.24) is 19.4 Å². The molecule has 0 aromatic carbocycles. The van der Waals surface area contributed by atoms with Crippen LogP contribution in [-0.2, 0) is 6.18 Å². The van der Waals surface area contributed by atoms with Crippen molar-refractivity contribution < 1.29 is 18.3 Å². The van der Waals surface area contributed by atoms with Gasteiger partial charge in [0.15, 0.2) is 11.5 Å². The molecule has 1 saturated heterocycles. The summed E-state index contributed by atoms with van der Waals surface area (Å²) in [6.45, 7) is 1.16. The summed E-state index contributed by atoms with van der Waals surface area (Å²) >= 11 is 0. The van der Waals surface area contributed by atoms with Crippen molar-refractivity contribution in [2.75, 3.05) is 18.0 Å². The SMILES string of the molecule is OC1CCN(c2nccn3c(-c4ccc(C(F)(F)F)nc4)cnc23)C1. The highest BCUT2D eigenvalue weighted by Crippen LogP contribution is 2.30. The lowest BCUT2D eigenvalue weighted by Gasteiger charge is -2.17. The van der Waals surface area contributed by atoms with Crippen molar-refractivity contribution in [3.8, 4) is 11.3 Å². The van der Waals surface area contributed by atoms with E-state index in [1.54, 1.807) is 23.0 Å². The van der Waals surface area contributed by atoms with Gasteiger partial charge in [-0.15, -0.1) is 0 Å². The third-order valence-corrected chi connectivity index (χ3v) is 4.22. The molecule has 1 N–H and O–H groups in total. The van der Waals surface area contributed by atoms with Gasteiger partial charge in [0.25, 0.3) is 0 Å². The number of alkyl halides is 3. The van der Waals surface area contributed by atoms with Crippen LogP contribution in [0, 0.1) is 0 Å². The van der Waals surface area contributed by atoms with E-state index in [0.717, 1.165) is 6.07 Å². The number of β-amino-alcohol motifs (C(OH)–C–C–N with tert-alkyl or cyclic N) is 1. The first kappa shape index (κ1) is 15.8. The Morgan fingerprint density at radius 2 is 1.96 bits per heavy atom. The van der Waals surface area contributed by atoms with Gasteiger partial charge >= 0.3 is 6.18 Å². The maximum atomic E-state index is 12.7. The number of pyridine rings is 1. The fourth-order valence-electron chi connectivity index (χ4n) is 2.99. The van der Waals surface area contributed by atoms with Gasteiger partial charge in [-0.05, 0) is 18.6 Å². The Morgan fingerprint density at radius 1 is 1.12 bits per heavy atom. The highest BCUT2D eigenvalue weighted by atomic mass is 19.4. The summed E-state index contributed by atoms with van der Waals surface area (Å²) in [5.41, 5.74) is 0.809. The molecule has 1 aliphatic rings. The average molecular weight is 349 g/mol. The molecule has 4 heterocycles. The zero-order valence-electron chi connectivity index (χ0n) is 13.0. The molecule has 1 atom stereocenters. The minimum Gasteiger partial charge on any atom is -0.391 e. The Balaban J connectivity index is 1.74. The van der Waals surface area contributed by atoms with E-state index in [1.165, 1.54) is 12.3 Å². The normalized spacial score (nSPS) is 18.2. The molecule has 3 aromatic rings. The predicted molar refractivity (Wildman–Crippen MR) is 84.1 cm³/mol. The van der Waals surface area contributed by atoms with Crippen LogP contribution in [0.2, 0.25) is 0 Å². The first-order valence-electron chi connectivity index (χ1n) is 7.72. The van der Waals surface area contributed by atoms with Crippen LogP contribution in [0.1, 0.15) is 12.1 Å². The largest absolute Gasteiger partial charge is 0.433 e.